The molecule has 0 radical (unpaired) electrons. The molecule has 2 fully saturated rings. The first-order chi connectivity index (χ1) is 10.2. The first-order valence-corrected chi connectivity index (χ1v) is 7.82. The largest absolute Gasteiger partial charge is 0.364 e. The fourth-order valence-corrected chi connectivity index (χ4v) is 3.27. The molecule has 2 aliphatic rings. The van der Waals surface area contributed by atoms with Crippen LogP contribution >= 0.6 is 0 Å². The maximum Gasteiger partial charge on any atom is 0.251 e. The zero-order valence-electron chi connectivity index (χ0n) is 12.6. The number of carbonyl (C=O) groups is 1. The van der Waals surface area contributed by atoms with Crippen LogP contribution in [0, 0.1) is 6.92 Å². The molecule has 6 nitrogen and oxygen atoms in total. The van der Waals surface area contributed by atoms with Crippen LogP contribution in [-0.4, -0.2) is 52.4 Å². The van der Waals surface area contributed by atoms with Gasteiger partial charge in [0.25, 0.3) is 5.91 Å². The lowest BCUT2D eigenvalue weighted by atomic mass is 10.0. The van der Waals surface area contributed by atoms with Gasteiger partial charge < -0.3 is 15.4 Å². The Bertz CT molecular complexity index is 502. The SMILES string of the molecule is Cc1cnn(C2CCCN(C(=O)[C@@H]3CC[C@H](CN)O3)C2)c1. The monoisotopic (exact) mass is 292 g/mol. The van der Waals surface area contributed by atoms with Gasteiger partial charge in [0.2, 0.25) is 0 Å². The van der Waals surface area contributed by atoms with Gasteiger partial charge in [-0.3, -0.25) is 9.48 Å². The van der Waals surface area contributed by atoms with E-state index in [-0.39, 0.29) is 24.2 Å². The number of aromatic nitrogens is 2. The van der Waals surface area contributed by atoms with Crippen LogP contribution in [0.25, 0.3) is 0 Å². The lowest BCUT2D eigenvalue weighted by molar-refractivity contribution is -0.144. The standard InChI is InChI=1S/C15H24N4O2/c1-11-8-17-19(9-11)12-3-2-6-18(10-12)15(20)14-5-4-13(7-16)21-14/h8-9,12-14H,2-7,10,16H2,1H3/t12?,13-,14+/m1/s1. The van der Waals surface area contributed by atoms with E-state index in [1.165, 1.54) is 0 Å². The molecule has 1 aromatic heterocycles. The van der Waals surface area contributed by atoms with Crippen LogP contribution in [0.5, 0.6) is 0 Å². The highest BCUT2D eigenvalue weighted by Gasteiger charge is 2.35. The molecule has 3 atom stereocenters. The first-order valence-electron chi connectivity index (χ1n) is 7.82. The second-order valence-electron chi connectivity index (χ2n) is 6.14. The van der Waals surface area contributed by atoms with Crippen molar-refractivity contribution in [2.75, 3.05) is 19.6 Å². The van der Waals surface area contributed by atoms with E-state index in [1.54, 1.807) is 0 Å². The van der Waals surface area contributed by atoms with Crippen molar-refractivity contribution in [1.82, 2.24) is 14.7 Å². The highest BCUT2D eigenvalue weighted by Crippen LogP contribution is 2.25. The third-order valence-electron chi connectivity index (χ3n) is 4.46. The Morgan fingerprint density at radius 1 is 1.48 bits per heavy atom. The molecule has 116 valence electrons. The third-order valence-corrected chi connectivity index (χ3v) is 4.46. The molecule has 21 heavy (non-hydrogen) atoms. The summed E-state index contributed by atoms with van der Waals surface area (Å²) in [6, 6.07) is 0.281. The van der Waals surface area contributed by atoms with Crippen molar-refractivity contribution in [3.63, 3.8) is 0 Å². The molecule has 1 unspecified atom stereocenters. The number of rotatable bonds is 3. The van der Waals surface area contributed by atoms with Gasteiger partial charge in [0.1, 0.15) is 6.10 Å². The minimum Gasteiger partial charge on any atom is -0.364 e. The van der Waals surface area contributed by atoms with E-state index in [9.17, 15) is 4.79 Å². The number of nitrogens with zero attached hydrogens (tertiary/aromatic N) is 3. The van der Waals surface area contributed by atoms with Gasteiger partial charge in [0.05, 0.1) is 18.3 Å². The average molecular weight is 292 g/mol. The van der Waals surface area contributed by atoms with Crippen LogP contribution in [0.3, 0.4) is 0 Å². The van der Waals surface area contributed by atoms with Crippen molar-refractivity contribution in [3.05, 3.63) is 18.0 Å². The summed E-state index contributed by atoms with van der Waals surface area (Å²) < 4.78 is 7.73. The summed E-state index contributed by atoms with van der Waals surface area (Å²) in [5.74, 6) is 0.125. The van der Waals surface area contributed by atoms with E-state index in [2.05, 4.69) is 11.3 Å². The molecule has 1 aromatic rings. The van der Waals surface area contributed by atoms with Crippen molar-refractivity contribution in [2.24, 2.45) is 5.73 Å². The molecule has 2 aliphatic heterocycles. The van der Waals surface area contributed by atoms with E-state index in [0.717, 1.165) is 44.3 Å². The van der Waals surface area contributed by atoms with Gasteiger partial charge >= 0.3 is 0 Å². The van der Waals surface area contributed by atoms with Gasteiger partial charge in [0.15, 0.2) is 0 Å². The van der Waals surface area contributed by atoms with Gasteiger partial charge in [0, 0.05) is 25.8 Å². The number of hydrogen-bond acceptors (Lipinski definition) is 4. The third kappa shape index (κ3) is 3.11. The number of piperidine rings is 1. The molecule has 0 bridgehead atoms. The molecule has 6 heteroatoms. The normalized spacial score (nSPS) is 29.8. The Morgan fingerprint density at radius 3 is 3.00 bits per heavy atom. The number of hydrogen-bond donors (Lipinski definition) is 1. The Hall–Kier alpha value is -1.40. The molecule has 2 N–H and O–H groups in total. The molecular weight excluding hydrogens is 268 g/mol. The molecule has 2 saturated heterocycles. The Morgan fingerprint density at radius 2 is 2.33 bits per heavy atom. The fraction of sp³-hybridized carbons (Fsp3) is 0.733. The average Bonchev–Trinajstić information content (AvgIpc) is 3.15. The minimum atomic E-state index is -0.295. The minimum absolute atomic E-state index is 0.0494. The quantitative estimate of drug-likeness (QED) is 0.897. The van der Waals surface area contributed by atoms with Crippen molar-refractivity contribution in [3.8, 4) is 0 Å². The molecule has 3 rings (SSSR count). The zero-order valence-corrected chi connectivity index (χ0v) is 12.6. The van der Waals surface area contributed by atoms with Crippen LogP contribution in [0.4, 0.5) is 0 Å². The van der Waals surface area contributed by atoms with Gasteiger partial charge in [-0.2, -0.15) is 5.10 Å². The smallest absolute Gasteiger partial charge is 0.251 e. The molecule has 0 spiro atoms. The summed E-state index contributed by atoms with van der Waals surface area (Å²) in [5, 5.41) is 4.39. The highest BCUT2D eigenvalue weighted by atomic mass is 16.5. The molecule has 0 saturated carbocycles. The van der Waals surface area contributed by atoms with Crippen molar-refractivity contribution in [1.29, 1.82) is 0 Å². The Balaban J connectivity index is 1.62. The molecule has 0 aromatic carbocycles. The van der Waals surface area contributed by atoms with E-state index in [4.69, 9.17) is 10.5 Å². The van der Waals surface area contributed by atoms with Gasteiger partial charge in [-0.05, 0) is 38.2 Å². The first kappa shape index (κ1) is 14.5. The van der Waals surface area contributed by atoms with Crippen molar-refractivity contribution in [2.45, 2.75) is 50.9 Å². The number of ether oxygens (including phenoxy) is 1. The molecule has 3 heterocycles. The lowest BCUT2D eigenvalue weighted by Gasteiger charge is -2.34. The number of likely N-dealkylation sites (tertiary alicyclic amines) is 1. The topological polar surface area (TPSA) is 73.4 Å². The predicted octanol–water partition coefficient (Wildman–Crippen LogP) is 0.861. The maximum atomic E-state index is 12.6. The lowest BCUT2D eigenvalue weighted by Crippen LogP contribution is -2.45. The van der Waals surface area contributed by atoms with E-state index >= 15 is 0 Å². The van der Waals surface area contributed by atoms with Crippen LogP contribution in [0.1, 0.15) is 37.3 Å². The Labute approximate surface area is 125 Å². The Kier molecular flexibility index (Phi) is 4.26. The summed E-state index contributed by atoms with van der Waals surface area (Å²) in [6.07, 6.45) is 7.45. The summed E-state index contributed by atoms with van der Waals surface area (Å²) in [7, 11) is 0. The van der Waals surface area contributed by atoms with Gasteiger partial charge in [-0.25, -0.2) is 0 Å². The number of nitrogens with two attached hydrogens (primary N) is 1. The predicted molar refractivity (Wildman–Crippen MR) is 78.8 cm³/mol. The summed E-state index contributed by atoms with van der Waals surface area (Å²) in [4.78, 5) is 14.5. The van der Waals surface area contributed by atoms with Crippen LogP contribution < -0.4 is 5.73 Å². The van der Waals surface area contributed by atoms with Crippen molar-refractivity contribution < 1.29 is 9.53 Å². The zero-order chi connectivity index (χ0) is 14.8. The summed E-state index contributed by atoms with van der Waals surface area (Å²) in [5.41, 5.74) is 6.77. The van der Waals surface area contributed by atoms with Gasteiger partial charge in [-0.1, -0.05) is 0 Å². The van der Waals surface area contributed by atoms with E-state index < -0.39 is 0 Å². The maximum absolute atomic E-state index is 12.6. The van der Waals surface area contributed by atoms with E-state index in [0.29, 0.717) is 6.54 Å². The van der Waals surface area contributed by atoms with Crippen molar-refractivity contribution >= 4 is 5.91 Å². The summed E-state index contributed by atoms with van der Waals surface area (Å²) >= 11 is 0. The molecular formula is C15H24N4O2. The second kappa shape index (κ2) is 6.15. The van der Waals surface area contributed by atoms with E-state index in [1.807, 2.05) is 22.7 Å². The molecule has 0 aliphatic carbocycles. The fourth-order valence-electron chi connectivity index (χ4n) is 3.27. The number of aryl methyl sites for hydroxylation is 1. The summed E-state index contributed by atoms with van der Waals surface area (Å²) in [6.45, 7) is 4.09. The van der Waals surface area contributed by atoms with Crippen LogP contribution in [0.15, 0.2) is 12.4 Å². The molecule has 1 amide bonds. The number of amides is 1. The van der Waals surface area contributed by atoms with Crippen LogP contribution in [-0.2, 0) is 9.53 Å². The van der Waals surface area contributed by atoms with Gasteiger partial charge in [-0.15, -0.1) is 0 Å². The van der Waals surface area contributed by atoms with Crippen LogP contribution in [0.2, 0.25) is 0 Å². The number of carbonyl (C=O) groups excluding carboxylic acids is 1. The second-order valence-corrected chi connectivity index (χ2v) is 6.14. The highest BCUT2D eigenvalue weighted by molar-refractivity contribution is 5.81.